The van der Waals surface area contributed by atoms with Crippen LogP contribution in [-0.4, -0.2) is 18.3 Å². The second kappa shape index (κ2) is 7.51. The van der Waals surface area contributed by atoms with Crippen LogP contribution in [0.15, 0.2) is 47.4 Å². The number of methoxy groups -OCH3 is 1. The Balaban J connectivity index is 2.09. The maximum absolute atomic E-state index is 13.6. The van der Waals surface area contributed by atoms with Crippen LogP contribution >= 0.6 is 23.4 Å². The van der Waals surface area contributed by atoms with Gasteiger partial charge < -0.3 is 10.1 Å². The molecule has 6 heteroatoms. The molecule has 2 rings (SSSR count). The quantitative estimate of drug-likeness (QED) is 0.808. The molecule has 0 aliphatic heterocycles. The first kappa shape index (κ1) is 16.6. The topological polar surface area (TPSA) is 38.3 Å². The van der Waals surface area contributed by atoms with E-state index >= 15 is 0 Å². The van der Waals surface area contributed by atoms with Gasteiger partial charge in [0.25, 0.3) is 0 Å². The van der Waals surface area contributed by atoms with Crippen LogP contribution in [0.25, 0.3) is 0 Å². The van der Waals surface area contributed by atoms with E-state index in [1.165, 1.54) is 13.2 Å². The molecule has 1 atom stereocenters. The van der Waals surface area contributed by atoms with Gasteiger partial charge in [-0.15, -0.1) is 11.8 Å². The lowest BCUT2D eigenvalue weighted by Gasteiger charge is -2.14. The molecule has 22 heavy (non-hydrogen) atoms. The summed E-state index contributed by atoms with van der Waals surface area (Å²) < 4.78 is 18.8. The molecule has 0 aromatic heterocycles. The van der Waals surface area contributed by atoms with Crippen LogP contribution in [0.3, 0.4) is 0 Å². The third-order valence-corrected chi connectivity index (χ3v) is 4.32. The van der Waals surface area contributed by atoms with Gasteiger partial charge in [0.05, 0.1) is 18.0 Å². The highest BCUT2D eigenvalue weighted by Gasteiger charge is 2.18. The Kier molecular flexibility index (Phi) is 5.69. The van der Waals surface area contributed by atoms with Gasteiger partial charge in [0.1, 0.15) is 11.6 Å². The molecule has 2 aromatic rings. The fourth-order valence-corrected chi connectivity index (χ4v) is 2.85. The molecule has 1 amide bonds. The predicted octanol–water partition coefficient (Wildman–Crippen LogP) is 4.61. The molecule has 0 aliphatic carbocycles. The molecule has 116 valence electrons. The van der Waals surface area contributed by atoms with Crippen molar-refractivity contribution in [3.63, 3.8) is 0 Å². The molecular weight excluding hydrogens is 325 g/mol. The van der Waals surface area contributed by atoms with E-state index in [0.29, 0.717) is 21.4 Å². The molecule has 0 radical (unpaired) electrons. The largest absolute Gasteiger partial charge is 0.495 e. The third-order valence-electron chi connectivity index (χ3n) is 2.93. The molecule has 3 nitrogen and oxygen atoms in total. The van der Waals surface area contributed by atoms with E-state index in [2.05, 4.69) is 5.32 Å². The number of anilines is 1. The molecule has 0 saturated heterocycles. The van der Waals surface area contributed by atoms with Crippen LogP contribution in [0.1, 0.15) is 6.92 Å². The lowest BCUT2D eigenvalue weighted by Crippen LogP contribution is -2.22. The number of amides is 1. The van der Waals surface area contributed by atoms with E-state index in [-0.39, 0.29) is 11.7 Å². The van der Waals surface area contributed by atoms with Crippen molar-refractivity contribution in [2.75, 3.05) is 12.4 Å². The molecule has 2 aromatic carbocycles. The monoisotopic (exact) mass is 339 g/mol. The van der Waals surface area contributed by atoms with E-state index in [0.717, 1.165) is 11.8 Å². The fraction of sp³-hybridized carbons (Fsp3) is 0.188. The Hall–Kier alpha value is -1.72. The van der Waals surface area contributed by atoms with Crippen molar-refractivity contribution in [2.45, 2.75) is 17.1 Å². The number of hydrogen-bond acceptors (Lipinski definition) is 3. The van der Waals surface area contributed by atoms with Crippen molar-refractivity contribution in [1.29, 1.82) is 0 Å². The summed E-state index contributed by atoms with van der Waals surface area (Å²) in [5, 5.41) is 2.77. The standard InChI is InChI=1S/C16H15ClFNO2S/c1-10(22-15-6-4-3-5-12(15)18)16(20)19-13-9-11(17)7-8-14(13)21-2/h3-10H,1-2H3,(H,19,20)/t10-/m0/s1. The second-order valence-corrected chi connectivity index (χ2v) is 6.34. The lowest BCUT2D eigenvalue weighted by atomic mass is 10.3. The first-order valence-corrected chi connectivity index (χ1v) is 7.82. The first-order chi connectivity index (χ1) is 10.5. The van der Waals surface area contributed by atoms with Gasteiger partial charge in [0.2, 0.25) is 5.91 Å². The summed E-state index contributed by atoms with van der Waals surface area (Å²) in [5.74, 6) is -0.0813. The minimum absolute atomic E-state index is 0.256. The Bertz CT molecular complexity index is 681. The summed E-state index contributed by atoms with van der Waals surface area (Å²) >= 11 is 7.08. The SMILES string of the molecule is COc1ccc(Cl)cc1NC(=O)[C@H](C)Sc1ccccc1F. The number of hydrogen-bond donors (Lipinski definition) is 1. The predicted molar refractivity (Wildman–Crippen MR) is 88.4 cm³/mol. The number of nitrogens with one attached hydrogen (secondary N) is 1. The Morgan fingerprint density at radius 2 is 2.05 bits per heavy atom. The van der Waals surface area contributed by atoms with E-state index in [1.54, 1.807) is 43.3 Å². The maximum Gasteiger partial charge on any atom is 0.237 e. The Labute approximate surface area is 137 Å². The minimum Gasteiger partial charge on any atom is -0.495 e. The highest BCUT2D eigenvalue weighted by molar-refractivity contribution is 8.00. The summed E-state index contributed by atoms with van der Waals surface area (Å²) in [4.78, 5) is 12.7. The van der Waals surface area contributed by atoms with E-state index in [9.17, 15) is 9.18 Å². The average molecular weight is 340 g/mol. The molecule has 0 saturated carbocycles. The van der Waals surface area contributed by atoms with E-state index in [4.69, 9.17) is 16.3 Å². The number of benzene rings is 2. The normalized spacial score (nSPS) is 11.8. The fourth-order valence-electron chi connectivity index (χ4n) is 1.80. The number of carbonyl (C=O) groups excluding carboxylic acids is 1. The number of thioether (sulfide) groups is 1. The van der Waals surface area contributed by atoms with Crippen LogP contribution in [-0.2, 0) is 4.79 Å². The number of halogens is 2. The zero-order valence-electron chi connectivity index (χ0n) is 12.1. The van der Waals surface area contributed by atoms with Gasteiger partial charge in [-0.05, 0) is 37.3 Å². The van der Waals surface area contributed by atoms with Crippen molar-refractivity contribution >= 4 is 35.0 Å². The van der Waals surface area contributed by atoms with Crippen molar-refractivity contribution in [3.05, 3.63) is 53.3 Å². The summed E-state index contributed by atoms with van der Waals surface area (Å²) in [6, 6.07) is 11.3. The Morgan fingerprint density at radius 3 is 2.73 bits per heavy atom. The first-order valence-electron chi connectivity index (χ1n) is 6.57. The molecular formula is C16H15ClFNO2S. The number of rotatable bonds is 5. The molecule has 0 fully saturated rings. The molecule has 0 aliphatic rings. The minimum atomic E-state index is -0.472. The zero-order valence-corrected chi connectivity index (χ0v) is 13.7. The van der Waals surface area contributed by atoms with Crippen LogP contribution in [0, 0.1) is 5.82 Å². The van der Waals surface area contributed by atoms with Crippen LogP contribution in [0.2, 0.25) is 5.02 Å². The van der Waals surface area contributed by atoms with E-state index < -0.39 is 5.25 Å². The van der Waals surface area contributed by atoms with Gasteiger partial charge in [-0.2, -0.15) is 0 Å². The molecule has 0 unspecified atom stereocenters. The summed E-state index contributed by atoms with van der Waals surface area (Å²) in [7, 11) is 1.51. The maximum atomic E-state index is 13.6. The highest BCUT2D eigenvalue weighted by atomic mass is 35.5. The van der Waals surface area contributed by atoms with Crippen molar-refractivity contribution < 1.29 is 13.9 Å². The van der Waals surface area contributed by atoms with Gasteiger partial charge in [-0.1, -0.05) is 23.7 Å². The summed E-state index contributed by atoms with van der Waals surface area (Å²) in [6.45, 7) is 1.71. The second-order valence-electron chi connectivity index (χ2n) is 4.52. The van der Waals surface area contributed by atoms with Gasteiger partial charge >= 0.3 is 0 Å². The van der Waals surface area contributed by atoms with Crippen LogP contribution in [0.5, 0.6) is 5.75 Å². The Morgan fingerprint density at radius 1 is 1.32 bits per heavy atom. The zero-order chi connectivity index (χ0) is 16.1. The van der Waals surface area contributed by atoms with Crippen LogP contribution in [0.4, 0.5) is 10.1 Å². The van der Waals surface area contributed by atoms with Gasteiger partial charge in [0.15, 0.2) is 0 Å². The van der Waals surface area contributed by atoms with Gasteiger partial charge in [0, 0.05) is 9.92 Å². The summed E-state index contributed by atoms with van der Waals surface area (Å²) in [5.41, 5.74) is 0.487. The molecule has 0 bridgehead atoms. The average Bonchev–Trinajstić information content (AvgIpc) is 2.49. The van der Waals surface area contributed by atoms with E-state index in [1.807, 2.05) is 0 Å². The van der Waals surface area contributed by atoms with Gasteiger partial charge in [-0.3, -0.25) is 4.79 Å². The number of ether oxygens (including phenoxy) is 1. The molecule has 0 heterocycles. The van der Waals surface area contributed by atoms with Crippen molar-refractivity contribution in [3.8, 4) is 5.75 Å². The van der Waals surface area contributed by atoms with Crippen molar-refractivity contribution in [1.82, 2.24) is 0 Å². The van der Waals surface area contributed by atoms with Crippen molar-refractivity contribution in [2.24, 2.45) is 0 Å². The van der Waals surface area contributed by atoms with Crippen LogP contribution < -0.4 is 10.1 Å². The third kappa shape index (κ3) is 4.15. The molecule has 1 N–H and O–H groups in total. The molecule has 0 spiro atoms. The summed E-state index contributed by atoms with van der Waals surface area (Å²) in [6.07, 6.45) is 0. The van der Waals surface area contributed by atoms with Gasteiger partial charge in [-0.25, -0.2) is 4.39 Å². The lowest BCUT2D eigenvalue weighted by molar-refractivity contribution is -0.115. The highest BCUT2D eigenvalue weighted by Crippen LogP contribution is 2.30. The smallest absolute Gasteiger partial charge is 0.237 e. The number of carbonyl (C=O) groups is 1.